The number of benzene rings is 1. The molecule has 42 heavy (non-hydrogen) atoms. The highest BCUT2D eigenvalue weighted by Crippen LogP contribution is 2.30. The van der Waals surface area contributed by atoms with E-state index in [9.17, 15) is 14.0 Å². The number of hydrogen-bond donors (Lipinski definition) is 3. The molecule has 2 atom stereocenters. The van der Waals surface area contributed by atoms with Crippen LogP contribution < -0.4 is 16.0 Å². The molecule has 3 N–H and O–H groups in total. The molecule has 3 amide bonds. The summed E-state index contributed by atoms with van der Waals surface area (Å²) in [5, 5.41) is 14.8. The Bertz CT molecular complexity index is 1520. The summed E-state index contributed by atoms with van der Waals surface area (Å²) >= 11 is 0. The predicted molar refractivity (Wildman–Crippen MR) is 149 cm³/mol. The summed E-state index contributed by atoms with van der Waals surface area (Å²) < 4.78 is 20.6. The number of urea groups is 1. The van der Waals surface area contributed by atoms with E-state index in [1.54, 1.807) is 37.6 Å². The Morgan fingerprint density at radius 3 is 2.69 bits per heavy atom. The zero-order valence-corrected chi connectivity index (χ0v) is 23.0. The number of amides is 3. The Balaban J connectivity index is 1.37. The maximum atomic E-state index is 13.9. The summed E-state index contributed by atoms with van der Waals surface area (Å²) in [6, 6.07) is 11.0. The van der Waals surface area contributed by atoms with Crippen molar-refractivity contribution < 1.29 is 23.6 Å². The van der Waals surface area contributed by atoms with Gasteiger partial charge in [-0.25, -0.2) is 24.4 Å². The van der Waals surface area contributed by atoms with Crippen LogP contribution in [0.3, 0.4) is 0 Å². The molecule has 1 aliphatic rings. The van der Waals surface area contributed by atoms with E-state index < -0.39 is 30.0 Å². The largest absolute Gasteiger partial charge is 0.383 e. The molecule has 4 heterocycles. The van der Waals surface area contributed by atoms with Gasteiger partial charge in [0, 0.05) is 56.5 Å². The lowest BCUT2D eigenvalue weighted by Crippen LogP contribution is -2.42. The lowest BCUT2D eigenvalue weighted by atomic mass is 10.0. The van der Waals surface area contributed by atoms with E-state index >= 15 is 0 Å². The molecule has 218 valence electrons. The summed E-state index contributed by atoms with van der Waals surface area (Å²) in [6.45, 7) is 3.11. The second kappa shape index (κ2) is 13.2. The number of nitrogens with one attached hydrogen (secondary N) is 3. The number of halogens is 1. The van der Waals surface area contributed by atoms with Crippen LogP contribution >= 0.6 is 0 Å². The molecule has 5 rings (SSSR count). The number of carbonyl (C=O) groups is 2. The van der Waals surface area contributed by atoms with Crippen molar-refractivity contribution in [2.45, 2.75) is 25.6 Å². The van der Waals surface area contributed by atoms with E-state index in [4.69, 9.17) is 9.57 Å². The second-order valence-corrected chi connectivity index (χ2v) is 9.52. The fourth-order valence-corrected chi connectivity index (χ4v) is 4.55. The molecule has 14 heteroatoms. The molecule has 0 aliphatic carbocycles. The van der Waals surface area contributed by atoms with Gasteiger partial charge in [0.25, 0.3) is 5.91 Å². The first-order valence-corrected chi connectivity index (χ1v) is 13.2. The van der Waals surface area contributed by atoms with Crippen LogP contribution in [0, 0.1) is 12.9 Å². The molecular weight excluding hydrogens is 545 g/mol. The summed E-state index contributed by atoms with van der Waals surface area (Å²) in [5.74, 6) is -0.761. The van der Waals surface area contributed by atoms with Gasteiger partial charge in [0.2, 0.25) is 5.95 Å². The average molecular weight is 576 g/mol. The Morgan fingerprint density at radius 1 is 1.17 bits per heavy atom. The van der Waals surface area contributed by atoms with Gasteiger partial charge < -0.3 is 15.4 Å². The van der Waals surface area contributed by atoms with Crippen LogP contribution in [0.2, 0.25) is 0 Å². The maximum absolute atomic E-state index is 13.9. The first-order chi connectivity index (χ1) is 20.4. The highest BCUT2D eigenvalue weighted by molar-refractivity contribution is 5.97. The fourth-order valence-electron chi connectivity index (χ4n) is 4.55. The van der Waals surface area contributed by atoms with Crippen LogP contribution in [-0.4, -0.2) is 74.6 Å². The van der Waals surface area contributed by atoms with Gasteiger partial charge in [-0.1, -0.05) is 18.2 Å². The highest BCUT2D eigenvalue weighted by Gasteiger charge is 2.37. The molecule has 0 radical (unpaired) electrons. The van der Waals surface area contributed by atoms with Gasteiger partial charge in [-0.3, -0.25) is 14.9 Å². The number of pyridine rings is 1. The fraction of sp³-hybridized carbons (Fsp3) is 0.286. The molecule has 1 aromatic carbocycles. The number of anilines is 1. The van der Waals surface area contributed by atoms with Crippen LogP contribution in [0.5, 0.6) is 0 Å². The number of hydrogen-bond acceptors (Lipinski definition) is 9. The molecule has 1 saturated heterocycles. The minimum Gasteiger partial charge on any atom is -0.383 e. The molecule has 0 unspecified atom stereocenters. The molecule has 1 aliphatic heterocycles. The first-order valence-electron chi connectivity index (χ1n) is 13.2. The third-order valence-corrected chi connectivity index (χ3v) is 6.61. The van der Waals surface area contributed by atoms with Crippen molar-refractivity contribution >= 4 is 17.8 Å². The van der Waals surface area contributed by atoms with Crippen LogP contribution in [0.1, 0.15) is 33.3 Å². The van der Waals surface area contributed by atoms with Crippen LogP contribution in [0.4, 0.5) is 15.0 Å². The van der Waals surface area contributed by atoms with Gasteiger partial charge in [0.1, 0.15) is 18.2 Å². The maximum Gasteiger partial charge on any atom is 0.320 e. The van der Waals surface area contributed by atoms with E-state index in [1.807, 2.05) is 30.3 Å². The summed E-state index contributed by atoms with van der Waals surface area (Å²) in [6.07, 6.45) is 5.32. The summed E-state index contributed by atoms with van der Waals surface area (Å²) in [7, 11) is 1.58. The minimum atomic E-state index is -0.659. The Labute approximate surface area is 241 Å². The molecule has 0 bridgehead atoms. The van der Waals surface area contributed by atoms with Crippen molar-refractivity contribution in [1.29, 1.82) is 0 Å². The zero-order valence-electron chi connectivity index (χ0n) is 23.0. The van der Waals surface area contributed by atoms with Gasteiger partial charge in [-0.2, -0.15) is 14.6 Å². The first kappa shape index (κ1) is 28.7. The molecule has 1 fully saturated rings. The quantitative estimate of drug-likeness (QED) is 0.243. The average Bonchev–Trinajstić information content (AvgIpc) is 3.56. The third-order valence-electron chi connectivity index (χ3n) is 6.61. The van der Waals surface area contributed by atoms with Gasteiger partial charge in [0.05, 0.1) is 18.3 Å². The molecular formula is C28H30FN9O4. The number of rotatable bonds is 10. The minimum absolute atomic E-state index is 0.145. The van der Waals surface area contributed by atoms with Crippen molar-refractivity contribution in [3.05, 3.63) is 95.7 Å². The summed E-state index contributed by atoms with van der Waals surface area (Å²) in [4.78, 5) is 44.1. The van der Waals surface area contributed by atoms with E-state index in [2.05, 4.69) is 36.0 Å². The van der Waals surface area contributed by atoms with E-state index in [0.717, 1.165) is 5.56 Å². The van der Waals surface area contributed by atoms with Crippen molar-refractivity contribution in [3.8, 4) is 5.69 Å². The molecule has 13 nitrogen and oxygen atoms in total. The number of aromatic nitrogens is 5. The monoisotopic (exact) mass is 575 g/mol. The Hall–Kier alpha value is -4.79. The van der Waals surface area contributed by atoms with E-state index in [0.29, 0.717) is 42.3 Å². The third kappa shape index (κ3) is 6.74. The van der Waals surface area contributed by atoms with Gasteiger partial charge in [-0.15, -0.1) is 0 Å². The van der Waals surface area contributed by atoms with Crippen LogP contribution in [0.15, 0.2) is 67.4 Å². The lowest BCUT2D eigenvalue weighted by Gasteiger charge is -2.19. The van der Waals surface area contributed by atoms with Gasteiger partial charge >= 0.3 is 6.03 Å². The van der Waals surface area contributed by atoms with Crippen molar-refractivity contribution in [2.24, 2.45) is 0 Å². The number of ether oxygens (including phenoxy) is 1. The molecule has 4 aromatic rings. The van der Waals surface area contributed by atoms with Crippen LogP contribution in [-0.2, 0) is 16.1 Å². The molecule has 0 spiro atoms. The SMILES string of the molecule is COCCN1C[C@@H](NC(=O)Nc2c(C)c(C(=O)NCc3cncnc3)nn2-c2ccccc2)[C@H](c2ccnc(F)c2)O1. The number of para-hydroxylation sites is 1. The van der Waals surface area contributed by atoms with E-state index in [-0.39, 0.29) is 12.2 Å². The van der Waals surface area contributed by atoms with Crippen molar-refractivity contribution in [3.63, 3.8) is 0 Å². The van der Waals surface area contributed by atoms with Crippen molar-refractivity contribution in [2.75, 3.05) is 32.1 Å². The van der Waals surface area contributed by atoms with Gasteiger partial charge in [0.15, 0.2) is 5.69 Å². The normalized spacial score (nSPS) is 16.7. The second-order valence-electron chi connectivity index (χ2n) is 9.52. The standard InChI is InChI=1S/C28H30FN9O4/c1-18-24(27(39)33-15-19-13-30-17-31-14-19)36-38(21-6-4-3-5-7-21)26(18)35-28(40)34-22-16-37(10-11-41-2)42-25(22)20-8-9-32-23(29)12-20/h3-9,12-14,17,22,25H,10-11,15-16H2,1-2H3,(H,33,39)(H2,34,35,40)/t22-,25+/m1/s1. The highest BCUT2D eigenvalue weighted by atomic mass is 19.1. The number of carbonyl (C=O) groups excluding carboxylic acids is 2. The number of hydroxylamine groups is 2. The topological polar surface area (TPSA) is 148 Å². The Kier molecular flexibility index (Phi) is 9.06. The smallest absolute Gasteiger partial charge is 0.320 e. The number of methoxy groups -OCH3 is 1. The predicted octanol–water partition coefficient (Wildman–Crippen LogP) is 2.56. The van der Waals surface area contributed by atoms with Gasteiger partial charge in [-0.05, 0) is 36.8 Å². The van der Waals surface area contributed by atoms with E-state index in [1.165, 1.54) is 23.3 Å². The van der Waals surface area contributed by atoms with Crippen LogP contribution in [0.25, 0.3) is 5.69 Å². The van der Waals surface area contributed by atoms with Crippen molar-refractivity contribution in [1.82, 2.24) is 40.4 Å². The summed E-state index contributed by atoms with van der Waals surface area (Å²) in [5.41, 5.74) is 2.51. The zero-order chi connectivity index (χ0) is 29.5. The lowest BCUT2D eigenvalue weighted by molar-refractivity contribution is -0.154. The number of nitrogens with zero attached hydrogens (tertiary/aromatic N) is 6. The Morgan fingerprint density at radius 2 is 1.95 bits per heavy atom. The molecule has 3 aromatic heterocycles. The molecule has 0 saturated carbocycles.